The molecule has 0 aromatic carbocycles. The second kappa shape index (κ2) is 7.04. The van der Waals surface area contributed by atoms with Crippen LogP contribution in [0.25, 0.3) is 0 Å². The van der Waals surface area contributed by atoms with Crippen LogP contribution in [0.15, 0.2) is 12.4 Å². The van der Waals surface area contributed by atoms with Gasteiger partial charge in [0.1, 0.15) is 0 Å². The van der Waals surface area contributed by atoms with Crippen LogP contribution < -0.4 is 5.32 Å². The van der Waals surface area contributed by atoms with Gasteiger partial charge in [-0.1, -0.05) is 0 Å². The first kappa shape index (κ1) is 16.0. The number of morpholine rings is 1. The number of amides is 1. The van der Waals surface area contributed by atoms with Gasteiger partial charge in [0.05, 0.1) is 24.9 Å². The third-order valence-corrected chi connectivity index (χ3v) is 3.53. The molecule has 1 N–H and O–H groups in total. The predicted octanol–water partition coefficient (Wildman–Crippen LogP) is 0.977. The smallest absolute Gasteiger partial charge is 0.224 e. The summed E-state index contributed by atoms with van der Waals surface area (Å²) < 4.78 is 7.21. The number of ether oxygens (including phenoxy) is 1. The minimum atomic E-state index is 0.00451. The van der Waals surface area contributed by atoms with Crippen molar-refractivity contribution in [3.63, 3.8) is 0 Å². The minimum Gasteiger partial charge on any atom is -0.378 e. The van der Waals surface area contributed by atoms with Crippen molar-refractivity contribution in [1.82, 2.24) is 20.0 Å². The second-order valence-corrected chi connectivity index (χ2v) is 6.38. The summed E-state index contributed by atoms with van der Waals surface area (Å²) in [5.74, 6) is 0.205. The van der Waals surface area contributed by atoms with E-state index in [4.69, 9.17) is 4.74 Å². The molecule has 0 aliphatic carbocycles. The molecular weight excluding hydrogens is 268 g/mol. The summed E-state index contributed by atoms with van der Waals surface area (Å²) >= 11 is 0. The lowest BCUT2D eigenvalue weighted by atomic mass is 10.1. The maximum atomic E-state index is 12.0. The van der Waals surface area contributed by atoms with Crippen LogP contribution >= 0.6 is 0 Å². The number of nitrogens with one attached hydrogen (secondary N) is 1. The lowest BCUT2D eigenvalue weighted by Gasteiger charge is -2.26. The zero-order valence-electron chi connectivity index (χ0n) is 13.3. The van der Waals surface area contributed by atoms with E-state index in [0.29, 0.717) is 26.2 Å². The monoisotopic (exact) mass is 294 g/mol. The fourth-order valence-electron chi connectivity index (χ4n) is 2.22. The lowest BCUT2D eigenvalue weighted by Crippen LogP contribution is -2.41. The maximum Gasteiger partial charge on any atom is 0.224 e. The molecule has 1 fully saturated rings. The molecule has 6 nitrogen and oxygen atoms in total. The number of carbonyl (C=O) groups excluding carboxylic acids is 1. The van der Waals surface area contributed by atoms with Crippen molar-refractivity contribution in [1.29, 1.82) is 0 Å². The number of aromatic nitrogens is 2. The molecule has 0 atom stereocenters. The molecule has 1 aromatic heterocycles. The normalized spacial score (nSPS) is 16.2. The number of nitrogens with zero attached hydrogens (tertiary/aromatic N) is 3. The van der Waals surface area contributed by atoms with Gasteiger partial charge < -0.3 is 15.0 Å². The van der Waals surface area contributed by atoms with Gasteiger partial charge in [0.15, 0.2) is 0 Å². The molecule has 2 rings (SSSR count). The topological polar surface area (TPSA) is 59.4 Å². The molecule has 1 aliphatic heterocycles. The van der Waals surface area contributed by atoms with Crippen molar-refractivity contribution in [3.8, 4) is 0 Å². The lowest BCUT2D eigenvalue weighted by molar-refractivity contribution is -0.135. The summed E-state index contributed by atoms with van der Waals surface area (Å²) in [6.45, 7) is 10.6. The van der Waals surface area contributed by atoms with Crippen LogP contribution in [-0.2, 0) is 21.6 Å². The molecule has 0 radical (unpaired) electrons. The van der Waals surface area contributed by atoms with Crippen LogP contribution in [0.1, 0.15) is 32.8 Å². The van der Waals surface area contributed by atoms with Gasteiger partial charge >= 0.3 is 0 Å². The fourth-order valence-corrected chi connectivity index (χ4v) is 2.22. The fraction of sp³-hybridized carbons (Fsp3) is 0.733. The highest BCUT2D eigenvalue weighted by molar-refractivity contribution is 5.76. The Morgan fingerprint density at radius 1 is 1.38 bits per heavy atom. The summed E-state index contributed by atoms with van der Waals surface area (Å²) in [6.07, 6.45) is 4.46. The Morgan fingerprint density at radius 2 is 2.10 bits per heavy atom. The van der Waals surface area contributed by atoms with E-state index in [0.717, 1.165) is 25.2 Å². The second-order valence-electron chi connectivity index (χ2n) is 6.38. The van der Waals surface area contributed by atoms with Crippen LogP contribution in [-0.4, -0.2) is 53.4 Å². The highest BCUT2D eigenvalue weighted by Crippen LogP contribution is 2.12. The molecule has 1 amide bonds. The Balaban J connectivity index is 1.67. The van der Waals surface area contributed by atoms with E-state index in [2.05, 4.69) is 37.4 Å². The molecule has 0 spiro atoms. The van der Waals surface area contributed by atoms with Crippen molar-refractivity contribution >= 4 is 5.91 Å². The van der Waals surface area contributed by atoms with Gasteiger partial charge in [-0.25, -0.2) is 0 Å². The zero-order valence-corrected chi connectivity index (χ0v) is 13.3. The maximum absolute atomic E-state index is 12.0. The van der Waals surface area contributed by atoms with E-state index < -0.39 is 0 Å². The Bertz CT molecular complexity index is 458. The Morgan fingerprint density at radius 3 is 2.71 bits per heavy atom. The molecule has 1 aliphatic rings. The zero-order chi connectivity index (χ0) is 15.3. The molecular formula is C15H26N4O2. The molecule has 0 unspecified atom stereocenters. The standard InChI is InChI=1S/C15H26N4O2/c1-15(2,3)19-12-13(11-17-19)10-16-5-4-14(20)18-6-8-21-9-7-18/h11-12,16H,4-10H2,1-3H3. The highest BCUT2D eigenvalue weighted by Gasteiger charge is 2.16. The molecule has 1 aromatic rings. The number of hydrogen-bond donors (Lipinski definition) is 1. The van der Waals surface area contributed by atoms with E-state index in [1.807, 2.05) is 15.8 Å². The number of carbonyl (C=O) groups is 1. The summed E-state index contributed by atoms with van der Waals surface area (Å²) in [4.78, 5) is 13.8. The van der Waals surface area contributed by atoms with Gasteiger partial charge in [-0.05, 0) is 20.8 Å². The Hall–Kier alpha value is -1.40. The average Bonchev–Trinajstić information content (AvgIpc) is 2.93. The summed E-state index contributed by atoms with van der Waals surface area (Å²) in [5.41, 5.74) is 1.15. The predicted molar refractivity (Wildman–Crippen MR) is 80.9 cm³/mol. The van der Waals surface area contributed by atoms with E-state index in [1.54, 1.807) is 0 Å². The highest BCUT2D eigenvalue weighted by atomic mass is 16.5. The van der Waals surface area contributed by atoms with Crippen molar-refractivity contribution in [2.75, 3.05) is 32.8 Å². The van der Waals surface area contributed by atoms with Crippen LogP contribution in [0.3, 0.4) is 0 Å². The van der Waals surface area contributed by atoms with Crippen molar-refractivity contribution in [2.45, 2.75) is 39.3 Å². The van der Waals surface area contributed by atoms with Crippen LogP contribution in [0.5, 0.6) is 0 Å². The van der Waals surface area contributed by atoms with E-state index in [9.17, 15) is 4.79 Å². The summed E-state index contributed by atoms with van der Waals surface area (Å²) in [6, 6.07) is 0. The van der Waals surface area contributed by atoms with E-state index >= 15 is 0 Å². The third kappa shape index (κ3) is 4.82. The van der Waals surface area contributed by atoms with Gasteiger partial charge in [-0.3, -0.25) is 9.48 Å². The first-order valence-corrected chi connectivity index (χ1v) is 7.57. The average molecular weight is 294 g/mol. The number of hydrogen-bond acceptors (Lipinski definition) is 4. The van der Waals surface area contributed by atoms with E-state index in [-0.39, 0.29) is 11.4 Å². The molecule has 118 valence electrons. The molecule has 21 heavy (non-hydrogen) atoms. The van der Waals surface area contributed by atoms with Crippen LogP contribution in [0.2, 0.25) is 0 Å². The molecule has 1 saturated heterocycles. The van der Waals surface area contributed by atoms with Crippen LogP contribution in [0.4, 0.5) is 0 Å². The van der Waals surface area contributed by atoms with Gasteiger partial charge in [-0.2, -0.15) is 5.10 Å². The molecule has 0 saturated carbocycles. The first-order chi connectivity index (χ1) is 9.97. The number of rotatable bonds is 5. The van der Waals surface area contributed by atoms with Gasteiger partial charge in [-0.15, -0.1) is 0 Å². The van der Waals surface area contributed by atoms with Crippen molar-refractivity contribution in [2.24, 2.45) is 0 Å². The van der Waals surface area contributed by atoms with Crippen LogP contribution in [0, 0.1) is 0 Å². The van der Waals surface area contributed by atoms with Crippen molar-refractivity contribution < 1.29 is 9.53 Å². The molecule has 6 heteroatoms. The summed E-state index contributed by atoms with van der Waals surface area (Å²) in [5, 5.41) is 7.67. The van der Waals surface area contributed by atoms with Gasteiger partial charge in [0, 0.05) is 44.4 Å². The first-order valence-electron chi connectivity index (χ1n) is 7.57. The largest absolute Gasteiger partial charge is 0.378 e. The third-order valence-electron chi connectivity index (χ3n) is 3.53. The Labute approximate surface area is 126 Å². The van der Waals surface area contributed by atoms with Gasteiger partial charge in [0.2, 0.25) is 5.91 Å². The Kier molecular flexibility index (Phi) is 5.36. The molecule has 0 bridgehead atoms. The minimum absolute atomic E-state index is 0.00451. The summed E-state index contributed by atoms with van der Waals surface area (Å²) in [7, 11) is 0. The molecule has 2 heterocycles. The van der Waals surface area contributed by atoms with Crippen molar-refractivity contribution in [3.05, 3.63) is 18.0 Å². The quantitative estimate of drug-likeness (QED) is 0.822. The SMILES string of the molecule is CC(C)(C)n1cc(CNCCC(=O)N2CCOCC2)cn1. The van der Waals surface area contributed by atoms with Gasteiger partial charge in [0.25, 0.3) is 0 Å². The van der Waals surface area contributed by atoms with E-state index in [1.165, 1.54) is 0 Å².